The standard InChI is InChI=1S/C38H37ClN7O4P/c1-44(2)51(39,48)49-25-32-23-45(38(29-17-9-4-10-18-29,30-19-11-5-12-20-30)31-21-13-6-14-22-31)24-33(50-32)46-27-42-34-35(40-26-41-36(34)46)43-37(47)28-15-7-3-8-16-28/h3-22,26-27,32-33H,23-25H2,1-2H3,(H,40,41,43,47)/t32-,33?,51-/m0/s1. The van der Waals surface area contributed by atoms with Crippen LogP contribution in [0.2, 0.25) is 0 Å². The molecule has 0 spiro atoms. The minimum atomic E-state index is -3.60. The highest BCUT2D eigenvalue weighted by Crippen LogP contribution is 2.54. The van der Waals surface area contributed by atoms with Gasteiger partial charge in [-0.15, -0.1) is 0 Å². The van der Waals surface area contributed by atoms with Gasteiger partial charge in [0, 0.05) is 18.7 Å². The molecule has 260 valence electrons. The number of anilines is 1. The summed E-state index contributed by atoms with van der Waals surface area (Å²) in [5, 5.41) is 2.88. The van der Waals surface area contributed by atoms with E-state index in [2.05, 4.69) is 61.6 Å². The fourth-order valence-electron chi connectivity index (χ4n) is 6.64. The highest BCUT2D eigenvalue weighted by molar-refractivity contribution is 7.83. The van der Waals surface area contributed by atoms with E-state index in [9.17, 15) is 9.36 Å². The van der Waals surface area contributed by atoms with Crippen LogP contribution >= 0.6 is 18.1 Å². The first kappa shape index (κ1) is 34.7. The van der Waals surface area contributed by atoms with E-state index < -0.39 is 24.7 Å². The number of carbonyl (C=O) groups excluding carboxylic acids is 1. The number of nitrogens with zero attached hydrogens (tertiary/aromatic N) is 6. The van der Waals surface area contributed by atoms with Crippen LogP contribution in [0.3, 0.4) is 0 Å². The SMILES string of the molecule is CN(C)[P@](=O)(Cl)OC[C@@H]1CN(C(c2ccccc2)(c2ccccc2)c2ccccc2)CC(n2cnc3c(NC(=O)c4ccccc4)ncnc32)O1. The fraction of sp³-hybridized carbons (Fsp3) is 0.211. The zero-order chi connectivity index (χ0) is 35.4. The first-order valence-corrected chi connectivity index (χ1v) is 19.0. The van der Waals surface area contributed by atoms with Gasteiger partial charge in [0.05, 0.1) is 24.6 Å². The van der Waals surface area contributed by atoms with Crippen LogP contribution in [0.4, 0.5) is 5.82 Å². The zero-order valence-corrected chi connectivity index (χ0v) is 29.8. The first-order valence-electron chi connectivity index (χ1n) is 16.5. The van der Waals surface area contributed by atoms with Gasteiger partial charge in [-0.3, -0.25) is 18.8 Å². The summed E-state index contributed by atoms with van der Waals surface area (Å²) in [4.78, 5) is 29.0. The molecule has 1 aliphatic rings. The van der Waals surface area contributed by atoms with Gasteiger partial charge in [-0.1, -0.05) is 109 Å². The van der Waals surface area contributed by atoms with E-state index in [4.69, 9.17) is 20.5 Å². The fourth-order valence-corrected chi connectivity index (χ4v) is 7.39. The molecule has 13 heteroatoms. The van der Waals surface area contributed by atoms with Crippen molar-refractivity contribution >= 4 is 41.0 Å². The Morgan fingerprint density at radius 1 is 0.863 bits per heavy atom. The number of hydrogen-bond donors (Lipinski definition) is 1. The van der Waals surface area contributed by atoms with E-state index >= 15 is 0 Å². The van der Waals surface area contributed by atoms with Crippen molar-refractivity contribution in [3.8, 4) is 0 Å². The lowest BCUT2D eigenvalue weighted by atomic mass is 9.75. The molecule has 0 saturated carbocycles. The summed E-state index contributed by atoms with van der Waals surface area (Å²) < 4.78 is 29.0. The van der Waals surface area contributed by atoms with Crippen molar-refractivity contribution < 1.29 is 18.6 Å². The van der Waals surface area contributed by atoms with E-state index in [1.165, 1.54) is 11.0 Å². The molecule has 3 atom stereocenters. The van der Waals surface area contributed by atoms with Gasteiger partial charge < -0.3 is 14.6 Å². The van der Waals surface area contributed by atoms with Gasteiger partial charge in [-0.2, -0.15) is 0 Å². The van der Waals surface area contributed by atoms with Crippen LogP contribution in [0, 0.1) is 0 Å². The molecular formula is C38H37ClN7O4P. The molecule has 1 N–H and O–H groups in total. The van der Waals surface area contributed by atoms with E-state index in [-0.39, 0.29) is 18.3 Å². The summed E-state index contributed by atoms with van der Waals surface area (Å²) in [6.07, 6.45) is 1.81. The van der Waals surface area contributed by atoms with Crippen LogP contribution in [0.5, 0.6) is 0 Å². The Morgan fingerprint density at radius 2 is 1.41 bits per heavy atom. The third-order valence-corrected chi connectivity index (χ3v) is 11.7. The number of carbonyl (C=O) groups is 1. The second kappa shape index (κ2) is 14.9. The molecule has 4 aromatic carbocycles. The summed E-state index contributed by atoms with van der Waals surface area (Å²) in [5.74, 6) is -0.0337. The Morgan fingerprint density at radius 3 is 1.96 bits per heavy atom. The van der Waals surface area contributed by atoms with Crippen LogP contribution in [-0.2, 0) is 19.4 Å². The number of ether oxygens (including phenoxy) is 1. The summed E-state index contributed by atoms with van der Waals surface area (Å²) in [5.41, 5.74) is 3.77. The lowest BCUT2D eigenvalue weighted by Gasteiger charge is -2.50. The molecule has 1 saturated heterocycles. The predicted molar refractivity (Wildman–Crippen MR) is 198 cm³/mol. The van der Waals surface area contributed by atoms with Gasteiger partial charge in [0.25, 0.3) is 5.91 Å². The van der Waals surface area contributed by atoms with Crippen molar-refractivity contribution in [3.63, 3.8) is 0 Å². The van der Waals surface area contributed by atoms with Crippen molar-refractivity contribution in [3.05, 3.63) is 156 Å². The van der Waals surface area contributed by atoms with Gasteiger partial charge in [0.15, 0.2) is 17.0 Å². The maximum absolute atomic E-state index is 13.1. The van der Waals surface area contributed by atoms with Gasteiger partial charge in [0.1, 0.15) is 12.6 Å². The van der Waals surface area contributed by atoms with Crippen molar-refractivity contribution in [2.75, 3.05) is 39.1 Å². The molecule has 0 bridgehead atoms. The van der Waals surface area contributed by atoms with E-state index in [0.29, 0.717) is 29.8 Å². The Kier molecular flexibility index (Phi) is 10.1. The molecule has 2 aromatic heterocycles. The van der Waals surface area contributed by atoms with Gasteiger partial charge in [-0.05, 0) is 54.2 Å². The Balaban J connectivity index is 1.34. The number of aromatic nitrogens is 4. The zero-order valence-electron chi connectivity index (χ0n) is 28.1. The second-order valence-electron chi connectivity index (χ2n) is 12.4. The number of imidazole rings is 1. The number of fused-ring (bicyclic) bond motifs is 1. The van der Waals surface area contributed by atoms with Crippen LogP contribution in [-0.4, -0.2) is 74.9 Å². The van der Waals surface area contributed by atoms with E-state index in [0.717, 1.165) is 16.7 Å². The molecular weight excluding hydrogens is 685 g/mol. The summed E-state index contributed by atoms with van der Waals surface area (Å²) >= 11 is 6.35. The number of amides is 1. The second-order valence-corrected chi connectivity index (χ2v) is 15.6. The molecule has 1 unspecified atom stereocenters. The van der Waals surface area contributed by atoms with Crippen LogP contribution in [0.25, 0.3) is 11.2 Å². The molecule has 1 aliphatic heterocycles. The molecule has 7 rings (SSSR count). The van der Waals surface area contributed by atoms with Gasteiger partial charge in [0.2, 0.25) is 0 Å². The summed E-state index contributed by atoms with van der Waals surface area (Å²) in [6.45, 7) is -2.85. The topological polar surface area (TPSA) is 115 Å². The number of hydrogen-bond acceptors (Lipinski definition) is 8. The molecule has 6 aromatic rings. The molecule has 0 aliphatic carbocycles. The van der Waals surface area contributed by atoms with Crippen LogP contribution in [0.15, 0.2) is 134 Å². The molecule has 1 fully saturated rings. The van der Waals surface area contributed by atoms with Crippen LogP contribution < -0.4 is 5.32 Å². The Labute approximate surface area is 301 Å². The van der Waals surface area contributed by atoms with E-state index in [1.54, 1.807) is 44.7 Å². The van der Waals surface area contributed by atoms with Crippen LogP contribution in [0.1, 0.15) is 33.3 Å². The lowest BCUT2D eigenvalue weighted by molar-refractivity contribution is -0.145. The number of morpholine rings is 1. The van der Waals surface area contributed by atoms with E-state index in [1.807, 2.05) is 65.2 Å². The van der Waals surface area contributed by atoms with Gasteiger partial charge in [-0.25, -0.2) is 19.6 Å². The van der Waals surface area contributed by atoms with Crippen molar-refractivity contribution in [2.45, 2.75) is 17.9 Å². The highest BCUT2D eigenvalue weighted by atomic mass is 35.7. The maximum atomic E-state index is 13.1. The Bertz CT molecular complexity index is 2040. The smallest absolute Gasteiger partial charge is 0.350 e. The normalized spacial score (nSPS) is 18.0. The van der Waals surface area contributed by atoms with Gasteiger partial charge >= 0.3 is 6.87 Å². The average Bonchev–Trinajstić information content (AvgIpc) is 3.61. The third-order valence-electron chi connectivity index (χ3n) is 9.03. The highest BCUT2D eigenvalue weighted by Gasteiger charge is 2.47. The predicted octanol–water partition coefficient (Wildman–Crippen LogP) is 7.20. The van der Waals surface area contributed by atoms with Crippen molar-refractivity contribution in [1.29, 1.82) is 0 Å². The number of nitrogens with one attached hydrogen (secondary N) is 1. The van der Waals surface area contributed by atoms with Crippen molar-refractivity contribution in [1.82, 2.24) is 29.1 Å². The quantitative estimate of drug-likeness (QED) is 0.110. The van der Waals surface area contributed by atoms with Crippen molar-refractivity contribution in [2.24, 2.45) is 0 Å². The summed E-state index contributed by atoms with van der Waals surface area (Å²) in [6, 6.07) is 40.0. The minimum absolute atomic E-state index is 0.0413. The number of halogens is 1. The molecule has 0 radical (unpaired) electrons. The molecule has 3 heterocycles. The Hall–Kier alpha value is -4.74. The first-order chi connectivity index (χ1) is 24.8. The average molecular weight is 722 g/mol. The lowest BCUT2D eigenvalue weighted by Crippen LogP contribution is -2.57. The molecule has 1 amide bonds. The monoisotopic (exact) mass is 721 g/mol. The minimum Gasteiger partial charge on any atom is -0.350 e. The third kappa shape index (κ3) is 6.97. The maximum Gasteiger partial charge on any atom is 0.362 e. The largest absolute Gasteiger partial charge is 0.362 e. The molecule has 51 heavy (non-hydrogen) atoms. The number of rotatable bonds is 11. The summed E-state index contributed by atoms with van der Waals surface area (Å²) in [7, 11) is 3.22. The number of benzene rings is 4. The molecule has 11 nitrogen and oxygen atoms in total.